The number of aromatic nitrogens is 1. The van der Waals surface area contributed by atoms with E-state index in [4.69, 9.17) is 0 Å². The van der Waals surface area contributed by atoms with Crippen LogP contribution in [0, 0.1) is 0 Å². The molecule has 2 nitrogen and oxygen atoms in total. The first-order valence-electron chi connectivity index (χ1n) is 9.22. The average Bonchev–Trinajstić information content (AvgIpc) is 3.22. The summed E-state index contributed by atoms with van der Waals surface area (Å²) in [6, 6.07) is 25.1. The van der Waals surface area contributed by atoms with Crippen LogP contribution in [0.25, 0.3) is 27.4 Å². The van der Waals surface area contributed by atoms with Crippen LogP contribution in [0.2, 0.25) is 0 Å². The van der Waals surface area contributed by atoms with E-state index >= 15 is 0 Å². The maximum absolute atomic E-state index is 2.57. The van der Waals surface area contributed by atoms with Crippen LogP contribution in [-0.2, 0) is 0 Å². The molecule has 7 rings (SSSR count). The number of para-hydroxylation sites is 3. The Kier molecular flexibility index (Phi) is 2.14. The molecular formula is C24H16N2. The number of fused-ring (bicyclic) bond motifs is 8. The molecule has 3 aliphatic rings. The molecule has 3 aromatic carbocycles. The van der Waals surface area contributed by atoms with Crippen LogP contribution in [0.1, 0.15) is 11.6 Å². The molecule has 0 spiro atoms. The number of benzene rings is 3. The standard InChI is InChI=1S/C24H16N2/c1-3-11-19-15(7-1)17-9-5-13-21-23(17)25(19)22-14-6-10-18-16-8-2-4-12-20(16)26(21)24(18)22/h1-14,21,23H. The second kappa shape index (κ2) is 4.28. The lowest BCUT2D eigenvalue weighted by molar-refractivity contribution is 0.564. The Balaban J connectivity index is 1.71. The van der Waals surface area contributed by atoms with Crippen LogP contribution in [0.15, 0.2) is 85.0 Å². The van der Waals surface area contributed by atoms with Gasteiger partial charge in [-0.2, -0.15) is 0 Å². The van der Waals surface area contributed by atoms with Crippen molar-refractivity contribution in [2.24, 2.45) is 0 Å². The topological polar surface area (TPSA) is 8.17 Å². The lowest BCUT2D eigenvalue weighted by atomic mass is 9.90. The Hall–Kier alpha value is -3.26. The second-order valence-corrected chi connectivity index (χ2v) is 7.39. The molecule has 3 heterocycles. The van der Waals surface area contributed by atoms with E-state index < -0.39 is 0 Å². The minimum Gasteiger partial charge on any atom is -0.329 e. The van der Waals surface area contributed by atoms with Gasteiger partial charge in [-0.15, -0.1) is 0 Å². The van der Waals surface area contributed by atoms with Crippen LogP contribution in [0.3, 0.4) is 0 Å². The summed E-state index contributed by atoms with van der Waals surface area (Å²) in [6.07, 6.45) is 6.91. The van der Waals surface area contributed by atoms with Crippen LogP contribution in [-0.4, -0.2) is 10.6 Å². The smallest absolute Gasteiger partial charge is 0.0842 e. The molecule has 0 amide bonds. The number of hydrogen-bond donors (Lipinski definition) is 0. The average molecular weight is 332 g/mol. The Labute approximate surface area is 151 Å². The van der Waals surface area contributed by atoms with Crippen molar-refractivity contribution in [3.8, 4) is 0 Å². The fraction of sp³-hybridized carbons (Fsp3) is 0.0833. The van der Waals surface area contributed by atoms with Crippen molar-refractivity contribution in [1.29, 1.82) is 0 Å². The SMILES string of the molecule is C1=CC2C3C(=C1)c1ccccc1N3c1cccc3c4ccccc4n2c13. The highest BCUT2D eigenvalue weighted by Gasteiger charge is 2.45. The third kappa shape index (κ3) is 1.30. The molecule has 2 unspecified atom stereocenters. The fourth-order valence-electron chi connectivity index (χ4n) is 5.32. The van der Waals surface area contributed by atoms with Gasteiger partial charge in [0.2, 0.25) is 0 Å². The van der Waals surface area contributed by atoms with Gasteiger partial charge in [-0.3, -0.25) is 0 Å². The summed E-state index contributed by atoms with van der Waals surface area (Å²) in [5.74, 6) is 0. The highest BCUT2D eigenvalue weighted by molar-refractivity contribution is 6.15. The number of allylic oxidation sites excluding steroid dienone is 2. The summed E-state index contributed by atoms with van der Waals surface area (Å²) in [4.78, 5) is 2.57. The van der Waals surface area contributed by atoms with Gasteiger partial charge in [0, 0.05) is 27.5 Å². The van der Waals surface area contributed by atoms with E-state index in [1.54, 1.807) is 0 Å². The molecule has 0 saturated carbocycles. The molecule has 26 heavy (non-hydrogen) atoms. The van der Waals surface area contributed by atoms with Gasteiger partial charge < -0.3 is 9.47 Å². The molecule has 2 atom stereocenters. The monoisotopic (exact) mass is 332 g/mol. The zero-order valence-electron chi connectivity index (χ0n) is 14.1. The van der Waals surface area contributed by atoms with E-state index in [-0.39, 0.29) is 0 Å². The summed E-state index contributed by atoms with van der Waals surface area (Å²) in [5.41, 5.74) is 8.17. The number of nitrogens with zero attached hydrogens (tertiary/aromatic N) is 2. The maximum Gasteiger partial charge on any atom is 0.0842 e. The van der Waals surface area contributed by atoms with Crippen molar-refractivity contribution in [2.75, 3.05) is 4.90 Å². The van der Waals surface area contributed by atoms with Crippen LogP contribution in [0.5, 0.6) is 0 Å². The van der Waals surface area contributed by atoms with Gasteiger partial charge >= 0.3 is 0 Å². The molecule has 1 aliphatic carbocycles. The summed E-state index contributed by atoms with van der Waals surface area (Å²) < 4.78 is 2.57. The van der Waals surface area contributed by atoms with Gasteiger partial charge in [-0.05, 0) is 23.8 Å². The normalized spacial score (nSPS) is 21.8. The molecule has 2 aliphatic heterocycles. The third-order valence-corrected chi connectivity index (χ3v) is 6.25. The maximum atomic E-state index is 2.57. The van der Waals surface area contributed by atoms with Gasteiger partial charge in [0.15, 0.2) is 0 Å². The van der Waals surface area contributed by atoms with Gasteiger partial charge in [-0.1, -0.05) is 66.8 Å². The molecule has 0 fully saturated rings. The number of anilines is 2. The third-order valence-electron chi connectivity index (χ3n) is 6.25. The summed E-state index contributed by atoms with van der Waals surface area (Å²) in [6.45, 7) is 0. The predicted molar refractivity (Wildman–Crippen MR) is 108 cm³/mol. The molecule has 2 heteroatoms. The lowest BCUT2D eigenvalue weighted by Gasteiger charge is -2.40. The summed E-state index contributed by atoms with van der Waals surface area (Å²) >= 11 is 0. The molecule has 0 bridgehead atoms. The van der Waals surface area contributed by atoms with Crippen LogP contribution < -0.4 is 4.90 Å². The Morgan fingerprint density at radius 3 is 2.54 bits per heavy atom. The minimum absolute atomic E-state index is 0.319. The first kappa shape index (κ1) is 13.0. The highest BCUT2D eigenvalue weighted by atomic mass is 15.3. The largest absolute Gasteiger partial charge is 0.329 e. The van der Waals surface area contributed by atoms with Gasteiger partial charge in [0.25, 0.3) is 0 Å². The van der Waals surface area contributed by atoms with Crippen LogP contribution in [0.4, 0.5) is 11.4 Å². The molecule has 0 radical (unpaired) electrons. The van der Waals surface area contributed by atoms with E-state index in [0.29, 0.717) is 12.1 Å². The first-order valence-corrected chi connectivity index (χ1v) is 9.22. The molecule has 0 saturated heterocycles. The Morgan fingerprint density at radius 1 is 0.731 bits per heavy atom. The van der Waals surface area contributed by atoms with Gasteiger partial charge in [0.05, 0.1) is 23.3 Å². The van der Waals surface area contributed by atoms with Gasteiger partial charge in [-0.25, -0.2) is 0 Å². The molecule has 4 aromatic rings. The first-order chi connectivity index (χ1) is 12.9. The van der Waals surface area contributed by atoms with E-state index in [9.17, 15) is 0 Å². The second-order valence-electron chi connectivity index (χ2n) is 7.39. The zero-order chi connectivity index (χ0) is 16.8. The quantitative estimate of drug-likeness (QED) is 0.394. The molecule has 122 valence electrons. The van der Waals surface area contributed by atoms with Crippen molar-refractivity contribution >= 4 is 38.8 Å². The molecule has 1 aromatic heterocycles. The van der Waals surface area contributed by atoms with Gasteiger partial charge in [0.1, 0.15) is 0 Å². The molecule has 0 N–H and O–H groups in total. The molecular weight excluding hydrogens is 316 g/mol. The number of rotatable bonds is 0. The van der Waals surface area contributed by atoms with Crippen LogP contribution >= 0.6 is 0 Å². The fourth-order valence-corrected chi connectivity index (χ4v) is 5.32. The van der Waals surface area contributed by atoms with E-state index in [2.05, 4.69) is 94.4 Å². The lowest BCUT2D eigenvalue weighted by Crippen LogP contribution is -2.39. The van der Waals surface area contributed by atoms with Crippen molar-refractivity contribution in [3.05, 3.63) is 90.5 Å². The van der Waals surface area contributed by atoms with E-state index in [1.165, 1.54) is 44.3 Å². The Morgan fingerprint density at radius 2 is 1.54 bits per heavy atom. The predicted octanol–water partition coefficient (Wildman–Crippen LogP) is 5.82. The Bertz CT molecular complexity index is 1300. The zero-order valence-corrected chi connectivity index (χ0v) is 14.1. The number of hydrogen-bond acceptors (Lipinski definition) is 1. The summed E-state index contributed by atoms with van der Waals surface area (Å²) in [7, 11) is 0. The van der Waals surface area contributed by atoms with E-state index in [1.807, 2.05) is 0 Å². The van der Waals surface area contributed by atoms with E-state index in [0.717, 1.165) is 0 Å². The van der Waals surface area contributed by atoms with Crippen molar-refractivity contribution < 1.29 is 0 Å². The summed E-state index contributed by atoms with van der Waals surface area (Å²) in [5, 5.41) is 2.70. The van der Waals surface area contributed by atoms with Crippen molar-refractivity contribution in [3.63, 3.8) is 0 Å². The van der Waals surface area contributed by atoms with Crippen molar-refractivity contribution in [1.82, 2.24) is 4.57 Å². The highest BCUT2D eigenvalue weighted by Crippen LogP contribution is 2.55. The van der Waals surface area contributed by atoms with Crippen molar-refractivity contribution in [2.45, 2.75) is 12.1 Å². The minimum atomic E-state index is 0.319.